The van der Waals surface area contributed by atoms with Crippen molar-refractivity contribution in [2.75, 3.05) is 30.8 Å². The molecule has 1 aromatic heterocycles. The zero-order chi connectivity index (χ0) is 17.0. The average Bonchev–Trinajstić information content (AvgIpc) is 3.25. The third-order valence-corrected chi connectivity index (χ3v) is 5.27. The Hall–Kier alpha value is -1.97. The molecule has 0 aliphatic carbocycles. The van der Waals surface area contributed by atoms with Gasteiger partial charge in [-0.25, -0.2) is 8.42 Å². The Morgan fingerprint density at radius 1 is 1.42 bits per heavy atom. The first-order chi connectivity index (χ1) is 11.6. The zero-order valence-electron chi connectivity index (χ0n) is 13.3. The van der Waals surface area contributed by atoms with E-state index in [1.54, 1.807) is 4.57 Å². The first-order valence-corrected chi connectivity index (χ1v) is 9.31. The SMILES string of the molecule is COC(CS(=O)(=O)Nc1nncn1-c1ccccc1)C1CCOC1. The van der Waals surface area contributed by atoms with Gasteiger partial charge in [-0.15, -0.1) is 10.2 Å². The number of anilines is 1. The molecule has 8 nitrogen and oxygen atoms in total. The Bertz CT molecular complexity index is 757. The third kappa shape index (κ3) is 3.92. The van der Waals surface area contributed by atoms with E-state index in [2.05, 4.69) is 14.9 Å². The highest BCUT2D eigenvalue weighted by Crippen LogP contribution is 2.21. The first kappa shape index (κ1) is 16.9. The molecule has 1 aliphatic heterocycles. The first-order valence-electron chi connectivity index (χ1n) is 7.65. The summed E-state index contributed by atoms with van der Waals surface area (Å²) in [6.07, 6.45) is 1.85. The molecule has 1 fully saturated rings. The molecular weight excluding hydrogens is 332 g/mol. The molecule has 2 heterocycles. The summed E-state index contributed by atoms with van der Waals surface area (Å²) in [5, 5.41) is 7.66. The van der Waals surface area contributed by atoms with Crippen LogP contribution in [0.5, 0.6) is 0 Å². The molecule has 1 aromatic carbocycles. The number of hydrogen-bond donors (Lipinski definition) is 1. The van der Waals surface area contributed by atoms with E-state index in [1.165, 1.54) is 13.4 Å². The van der Waals surface area contributed by atoms with E-state index in [0.29, 0.717) is 13.2 Å². The predicted molar refractivity (Wildman–Crippen MR) is 88.5 cm³/mol. The van der Waals surface area contributed by atoms with Gasteiger partial charge in [0, 0.05) is 19.6 Å². The van der Waals surface area contributed by atoms with Crippen molar-refractivity contribution >= 4 is 16.0 Å². The Kier molecular flexibility index (Phi) is 5.12. The number of hydrogen-bond acceptors (Lipinski definition) is 6. The van der Waals surface area contributed by atoms with Gasteiger partial charge < -0.3 is 9.47 Å². The van der Waals surface area contributed by atoms with Gasteiger partial charge in [0.1, 0.15) is 6.33 Å². The molecule has 2 atom stereocenters. The molecule has 9 heteroatoms. The van der Waals surface area contributed by atoms with E-state index in [4.69, 9.17) is 9.47 Å². The quantitative estimate of drug-likeness (QED) is 0.801. The van der Waals surface area contributed by atoms with Crippen LogP contribution in [0.25, 0.3) is 5.69 Å². The molecule has 3 rings (SSSR count). The number of methoxy groups -OCH3 is 1. The molecule has 0 spiro atoms. The molecule has 2 aromatic rings. The van der Waals surface area contributed by atoms with E-state index < -0.39 is 16.1 Å². The molecule has 0 amide bonds. The van der Waals surface area contributed by atoms with E-state index in [1.807, 2.05) is 30.3 Å². The number of aromatic nitrogens is 3. The van der Waals surface area contributed by atoms with Gasteiger partial charge in [0.2, 0.25) is 16.0 Å². The largest absolute Gasteiger partial charge is 0.381 e. The fraction of sp³-hybridized carbons (Fsp3) is 0.467. The second-order valence-corrected chi connectivity index (χ2v) is 7.41. The Morgan fingerprint density at radius 2 is 2.21 bits per heavy atom. The molecule has 0 saturated carbocycles. The van der Waals surface area contributed by atoms with Crippen molar-refractivity contribution < 1.29 is 17.9 Å². The predicted octanol–water partition coefficient (Wildman–Crippen LogP) is 1.06. The van der Waals surface area contributed by atoms with Crippen molar-refractivity contribution in [1.29, 1.82) is 0 Å². The number of ether oxygens (including phenoxy) is 2. The minimum absolute atomic E-state index is 0.0820. The van der Waals surface area contributed by atoms with Gasteiger partial charge >= 0.3 is 0 Å². The number of para-hydroxylation sites is 1. The van der Waals surface area contributed by atoms with E-state index in [9.17, 15) is 8.42 Å². The van der Waals surface area contributed by atoms with Crippen molar-refractivity contribution in [2.24, 2.45) is 5.92 Å². The van der Waals surface area contributed by atoms with Crippen LogP contribution in [-0.2, 0) is 19.5 Å². The van der Waals surface area contributed by atoms with Crippen molar-refractivity contribution in [1.82, 2.24) is 14.8 Å². The van der Waals surface area contributed by atoms with Crippen molar-refractivity contribution in [2.45, 2.75) is 12.5 Å². The number of rotatable bonds is 7. The maximum absolute atomic E-state index is 12.5. The maximum atomic E-state index is 12.5. The highest BCUT2D eigenvalue weighted by molar-refractivity contribution is 7.92. The lowest BCUT2D eigenvalue weighted by atomic mass is 10.0. The average molecular weight is 352 g/mol. The van der Waals surface area contributed by atoms with Crippen molar-refractivity contribution in [3.63, 3.8) is 0 Å². The van der Waals surface area contributed by atoms with Gasteiger partial charge in [-0.1, -0.05) is 18.2 Å². The van der Waals surface area contributed by atoms with E-state index in [0.717, 1.165) is 12.1 Å². The number of benzene rings is 1. The second-order valence-electron chi connectivity index (χ2n) is 5.64. The number of sulfonamides is 1. The van der Waals surface area contributed by atoms with Crippen LogP contribution < -0.4 is 4.72 Å². The third-order valence-electron chi connectivity index (χ3n) is 4.01. The fourth-order valence-electron chi connectivity index (χ4n) is 2.72. The fourth-order valence-corrected chi connectivity index (χ4v) is 4.06. The molecule has 0 radical (unpaired) electrons. The Morgan fingerprint density at radius 3 is 2.88 bits per heavy atom. The minimum Gasteiger partial charge on any atom is -0.381 e. The number of nitrogens with one attached hydrogen (secondary N) is 1. The monoisotopic (exact) mass is 352 g/mol. The van der Waals surface area contributed by atoms with Gasteiger partial charge in [0.15, 0.2) is 0 Å². The van der Waals surface area contributed by atoms with Crippen LogP contribution in [0.2, 0.25) is 0 Å². The summed E-state index contributed by atoms with van der Waals surface area (Å²) in [6.45, 7) is 1.16. The van der Waals surface area contributed by atoms with Crippen LogP contribution in [0.4, 0.5) is 5.95 Å². The van der Waals surface area contributed by atoms with Crippen molar-refractivity contribution in [3.05, 3.63) is 36.7 Å². The normalized spacial score (nSPS) is 19.3. The van der Waals surface area contributed by atoms with Gasteiger partial charge in [-0.2, -0.15) is 0 Å². The highest BCUT2D eigenvalue weighted by atomic mass is 32.2. The second kappa shape index (κ2) is 7.29. The Labute approximate surface area is 140 Å². The zero-order valence-corrected chi connectivity index (χ0v) is 14.1. The van der Waals surface area contributed by atoms with Gasteiger partial charge in [0.05, 0.1) is 24.2 Å². The van der Waals surface area contributed by atoms with Crippen LogP contribution in [-0.4, -0.2) is 55.4 Å². The van der Waals surface area contributed by atoms with Crippen LogP contribution in [0.1, 0.15) is 6.42 Å². The van der Waals surface area contributed by atoms with Crippen molar-refractivity contribution in [3.8, 4) is 5.69 Å². The van der Waals surface area contributed by atoms with Gasteiger partial charge in [0.25, 0.3) is 0 Å². The molecule has 2 unspecified atom stereocenters. The smallest absolute Gasteiger partial charge is 0.242 e. The molecular formula is C15H20N4O4S. The highest BCUT2D eigenvalue weighted by Gasteiger charge is 2.30. The van der Waals surface area contributed by atoms with E-state index >= 15 is 0 Å². The van der Waals surface area contributed by atoms with Crippen LogP contribution in [0.3, 0.4) is 0 Å². The van der Waals surface area contributed by atoms with E-state index in [-0.39, 0.29) is 17.6 Å². The van der Waals surface area contributed by atoms with Crippen LogP contribution >= 0.6 is 0 Å². The minimum atomic E-state index is -3.64. The summed E-state index contributed by atoms with van der Waals surface area (Å²) >= 11 is 0. The standard InChI is InChI=1S/C15H20N4O4S/c1-22-14(12-7-8-23-9-12)10-24(20,21)18-15-17-16-11-19(15)13-5-3-2-4-6-13/h2-6,11-12,14H,7-10H2,1H3,(H,17,18). The molecule has 1 aliphatic rings. The molecule has 1 N–H and O–H groups in total. The summed E-state index contributed by atoms with van der Waals surface area (Å²) in [4.78, 5) is 0. The molecule has 24 heavy (non-hydrogen) atoms. The summed E-state index contributed by atoms with van der Waals surface area (Å²) < 4.78 is 39.7. The summed E-state index contributed by atoms with van der Waals surface area (Å²) in [6, 6.07) is 9.28. The lowest BCUT2D eigenvalue weighted by molar-refractivity contribution is 0.0612. The molecule has 1 saturated heterocycles. The summed E-state index contributed by atoms with van der Waals surface area (Å²) in [5.74, 6) is 0.0800. The van der Waals surface area contributed by atoms with Gasteiger partial charge in [-0.3, -0.25) is 9.29 Å². The molecule has 0 bridgehead atoms. The van der Waals surface area contributed by atoms with Crippen LogP contribution in [0, 0.1) is 5.92 Å². The topological polar surface area (TPSA) is 95.3 Å². The van der Waals surface area contributed by atoms with Crippen LogP contribution in [0.15, 0.2) is 36.7 Å². The lowest BCUT2D eigenvalue weighted by Crippen LogP contribution is -2.34. The Balaban J connectivity index is 1.74. The molecule has 130 valence electrons. The summed E-state index contributed by atoms with van der Waals surface area (Å²) in [5.41, 5.74) is 0.771. The van der Waals surface area contributed by atoms with Gasteiger partial charge in [-0.05, 0) is 18.6 Å². The number of nitrogens with zero attached hydrogens (tertiary/aromatic N) is 3. The lowest BCUT2D eigenvalue weighted by Gasteiger charge is -2.21. The maximum Gasteiger partial charge on any atom is 0.242 e. The summed E-state index contributed by atoms with van der Waals surface area (Å²) in [7, 11) is -2.12.